The first-order valence-corrected chi connectivity index (χ1v) is 11.2. The van der Waals surface area contributed by atoms with E-state index in [9.17, 15) is 9.59 Å². The molecule has 3 saturated carbocycles. The van der Waals surface area contributed by atoms with E-state index in [1.165, 1.54) is 18.4 Å². The van der Waals surface area contributed by atoms with Crippen LogP contribution >= 0.6 is 0 Å². The number of carbonyl (C=O) groups is 2. The largest absolute Gasteiger partial charge is 0.458 e. The minimum atomic E-state index is -0.237. The van der Waals surface area contributed by atoms with Crippen LogP contribution in [0.25, 0.3) is 0 Å². The minimum absolute atomic E-state index is 0.0182. The summed E-state index contributed by atoms with van der Waals surface area (Å²) in [6, 6.07) is 0. The van der Waals surface area contributed by atoms with Crippen molar-refractivity contribution in [2.45, 2.75) is 84.7 Å². The van der Waals surface area contributed by atoms with Crippen LogP contribution in [0.4, 0.5) is 0 Å². The van der Waals surface area contributed by atoms with E-state index in [1.54, 1.807) is 0 Å². The average molecular weight is 371 g/mol. The van der Waals surface area contributed by atoms with Crippen LogP contribution in [-0.4, -0.2) is 17.4 Å². The Kier molecular flexibility index (Phi) is 3.64. The number of esters is 1. The van der Waals surface area contributed by atoms with E-state index < -0.39 is 0 Å². The summed E-state index contributed by atoms with van der Waals surface area (Å²) < 4.78 is 6.20. The molecule has 8 atom stereocenters. The van der Waals surface area contributed by atoms with E-state index in [0.717, 1.165) is 32.1 Å². The average Bonchev–Trinajstić information content (AvgIpc) is 3.10. The number of carbonyl (C=O) groups excluding carboxylic acids is 2. The predicted octanol–water partition coefficient (Wildman–Crippen LogP) is 5.09. The van der Waals surface area contributed by atoms with Crippen molar-refractivity contribution in [2.75, 3.05) is 0 Å². The van der Waals surface area contributed by atoms with Gasteiger partial charge in [0.1, 0.15) is 5.60 Å². The topological polar surface area (TPSA) is 43.4 Å². The van der Waals surface area contributed by atoms with Gasteiger partial charge in [-0.1, -0.05) is 33.3 Å². The molecule has 0 N–H and O–H groups in total. The maximum Gasteiger partial charge on any atom is 0.306 e. The third-order valence-corrected chi connectivity index (χ3v) is 10.3. The Morgan fingerprint density at radius 2 is 1.78 bits per heavy atom. The van der Waals surface area contributed by atoms with Gasteiger partial charge in [0.2, 0.25) is 0 Å². The molecule has 0 aromatic heterocycles. The fourth-order valence-electron chi connectivity index (χ4n) is 8.84. The molecule has 148 valence electrons. The lowest BCUT2D eigenvalue weighted by Gasteiger charge is -2.59. The van der Waals surface area contributed by atoms with E-state index in [1.807, 2.05) is 6.08 Å². The zero-order valence-electron chi connectivity index (χ0n) is 17.3. The molecule has 3 nitrogen and oxygen atoms in total. The van der Waals surface area contributed by atoms with Gasteiger partial charge in [-0.2, -0.15) is 0 Å². The standard InChI is InChI=1S/C24H34O3/c1-14-15(2)24(12-9-20(26)27-24)23(4)11-8-19-18(21(14)23)6-5-16-13-17(25)7-10-22(16,19)3/h13-15,18-19,21H,5-12H2,1-4H3/t14?,15-,18+,19-,21-,22-,23-,24-/m0/s1. The molecule has 1 unspecified atom stereocenters. The SMILES string of the molecule is CC1[C@H]2[C@@H]3CCC4=CC(=O)CC[C@]4(C)[C@H]3CC[C@]2(C)[C@]2(CCC(=O)O2)[C@H]1C. The highest BCUT2D eigenvalue weighted by atomic mass is 16.6. The van der Waals surface area contributed by atoms with E-state index in [-0.39, 0.29) is 22.4 Å². The second-order valence-corrected chi connectivity index (χ2v) is 10.9. The summed E-state index contributed by atoms with van der Waals surface area (Å²) in [7, 11) is 0. The summed E-state index contributed by atoms with van der Waals surface area (Å²) in [6.45, 7) is 9.66. The summed E-state index contributed by atoms with van der Waals surface area (Å²) in [5, 5.41) is 0. The molecule has 5 rings (SSSR count). The number of fused-ring (bicyclic) bond motifs is 6. The van der Waals surface area contributed by atoms with Crippen molar-refractivity contribution < 1.29 is 14.3 Å². The Balaban J connectivity index is 1.55. The zero-order chi connectivity index (χ0) is 19.2. The third kappa shape index (κ3) is 2.04. The first-order valence-electron chi connectivity index (χ1n) is 11.2. The van der Waals surface area contributed by atoms with E-state index in [0.29, 0.717) is 41.8 Å². The molecule has 0 bridgehead atoms. The second-order valence-electron chi connectivity index (χ2n) is 10.9. The van der Waals surface area contributed by atoms with Gasteiger partial charge in [-0.05, 0) is 79.6 Å². The molecule has 4 aliphatic carbocycles. The number of rotatable bonds is 0. The molecule has 1 saturated heterocycles. The van der Waals surface area contributed by atoms with Crippen molar-refractivity contribution in [3.63, 3.8) is 0 Å². The molecule has 4 fully saturated rings. The van der Waals surface area contributed by atoms with Crippen molar-refractivity contribution in [1.29, 1.82) is 0 Å². The van der Waals surface area contributed by atoms with Crippen LogP contribution in [0.5, 0.6) is 0 Å². The van der Waals surface area contributed by atoms with Gasteiger partial charge >= 0.3 is 5.97 Å². The smallest absolute Gasteiger partial charge is 0.306 e. The number of ketones is 1. The predicted molar refractivity (Wildman–Crippen MR) is 104 cm³/mol. The Bertz CT molecular complexity index is 738. The van der Waals surface area contributed by atoms with Gasteiger partial charge in [0, 0.05) is 18.3 Å². The van der Waals surface area contributed by atoms with Gasteiger partial charge in [0.15, 0.2) is 5.78 Å². The Morgan fingerprint density at radius 1 is 1.00 bits per heavy atom. The summed E-state index contributed by atoms with van der Waals surface area (Å²) >= 11 is 0. The van der Waals surface area contributed by atoms with E-state index >= 15 is 0 Å². The molecule has 1 heterocycles. The lowest BCUT2D eigenvalue weighted by molar-refractivity contribution is -0.173. The van der Waals surface area contributed by atoms with Gasteiger partial charge in [0.05, 0.1) is 0 Å². The van der Waals surface area contributed by atoms with Crippen molar-refractivity contribution in [3.8, 4) is 0 Å². The van der Waals surface area contributed by atoms with Gasteiger partial charge in [-0.3, -0.25) is 9.59 Å². The molecule has 0 radical (unpaired) electrons. The second kappa shape index (κ2) is 5.48. The number of allylic oxidation sites excluding steroid dienone is 1. The maximum atomic E-state index is 12.2. The van der Waals surface area contributed by atoms with Crippen LogP contribution < -0.4 is 0 Å². The van der Waals surface area contributed by atoms with Gasteiger partial charge in [-0.15, -0.1) is 0 Å². The fourth-order valence-corrected chi connectivity index (χ4v) is 8.84. The molecule has 27 heavy (non-hydrogen) atoms. The minimum Gasteiger partial charge on any atom is -0.458 e. The molecular formula is C24H34O3. The summed E-state index contributed by atoms with van der Waals surface area (Å²) in [4.78, 5) is 24.2. The lowest BCUT2D eigenvalue weighted by Crippen LogP contribution is -2.55. The van der Waals surface area contributed by atoms with Crippen molar-refractivity contribution in [1.82, 2.24) is 0 Å². The Labute approximate surface area is 163 Å². The van der Waals surface area contributed by atoms with Crippen LogP contribution in [0.1, 0.15) is 79.1 Å². The summed E-state index contributed by atoms with van der Waals surface area (Å²) in [5.74, 6) is 3.41. The number of ether oxygens (including phenoxy) is 1. The Hall–Kier alpha value is -1.12. The van der Waals surface area contributed by atoms with Crippen molar-refractivity contribution >= 4 is 11.8 Å². The molecule has 3 heteroatoms. The molecule has 0 aromatic rings. The first kappa shape index (κ1) is 17.9. The molecular weight excluding hydrogens is 336 g/mol. The molecule has 0 aromatic carbocycles. The van der Waals surface area contributed by atoms with Crippen LogP contribution in [0.15, 0.2) is 11.6 Å². The van der Waals surface area contributed by atoms with Crippen molar-refractivity contribution in [2.24, 2.45) is 40.4 Å². The van der Waals surface area contributed by atoms with E-state index in [4.69, 9.17) is 4.74 Å². The number of hydrogen-bond donors (Lipinski definition) is 0. The van der Waals surface area contributed by atoms with Crippen LogP contribution in [0.2, 0.25) is 0 Å². The fraction of sp³-hybridized carbons (Fsp3) is 0.833. The lowest BCUT2D eigenvalue weighted by atomic mass is 9.45. The monoisotopic (exact) mass is 370 g/mol. The highest BCUT2D eigenvalue weighted by Crippen LogP contribution is 2.72. The highest BCUT2D eigenvalue weighted by molar-refractivity contribution is 5.91. The van der Waals surface area contributed by atoms with Gasteiger partial charge in [-0.25, -0.2) is 0 Å². The van der Waals surface area contributed by atoms with E-state index in [2.05, 4.69) is 27.7 Å². The maximum absolute atomic E-state index is 12.2. The van der Waals surface area contributed by atoms with Gasteiger partial charge in [0.25, 0.3) is 0 Å². The molecule has 1 spiro atoms. The van der Waals surface area contributed by atoms with Crippen LogP contribution in [-0.2, 0) is 14.3 Å². The molecule has 1 aliphatic heterocycles. The number of hydrogen-bond acceptors (Lipinski definition) is 3. The Morgan fingerprint density at radius 3 is 2.48 bits per heavy atom. The van der Waals surface area contributed by atoms with Crippen LogP contribution in [0.3, 0.4) is 0 Å². The zero-order valence-corrected chi connectivity index (χ0v) is 17.3. The first-order chi connectivity index (χ1) is 12.7. The van der Waals surface area contributed by atoms with Crippen molar-refractivity contribution in [3.05, 3.63) is 11.6 Å². The quantitative estimate of drug-likeness (QED) is 0.558. The summed E-state index contributed by atoms with van der Waals surface area (Å²) in [6.07, 6.45) is 9.94. The normalized spacial score (nSPS) is 54.2. The third-order valence-electron chi connectivity index (χ3n) is 10.3. The summed E-state index contributed by atoms with van der Waals surface area (Å²) in [5.41, 5.74) is 1.52. The van der Waals surface area contributed by atoms with Gasteiger partial charge < -0.3 is 4.74 Å². The highest BCUT2D eigenvalue weighted by Gasteiger charge is 2.71. The van der Waals surface area contributed by atoms with Crippen LogP contribution in [0, 0.1) is 40.4 Å². The molecule has 0 amide bonds. The molecule has 5 aliphatic rings.